The highest BCUT2D eigenvalue weighted by Gasteiger charge is 2.13. The van der Waals surface area contributed by atoms with Crippen molar-refractivity contribution in [3.8, 4) is 5.82 Å². The van der Waals surface area contributed by atoms with Gasteiger partial charge >= 0.3 is 0 Å². The zero-order chi connectivity index (χ0) is 13.4. The van der Waals surface area contributed by atoms with Crippen molar-refractivity contribution in [3.63, 3.8) is 0 Å². The lowest BCUT2D eigenvalue weighted by Crippen LogP contribution is -2.04. The fourth-order valence-electron chi connectivity index (χ4n) is 2.03. The minimum Gasteiger partial charge on any atom is -0.357 e. The standard InChI is InChI=1S/C13H15N5S/c1-4-9-7-10-11(18-6-5-15-8(18)2)16-13(14-3)17-12(10)19-9/h5-7H,4H2,1-3H3,(H,14,16,17). The lowest BCUT2D eigenvalue weighted by atomic mass is 10.3. The van der Waals surface area contributed by atoms with Crippen LogP contribution in [-0.4, -0.2) is 26.6 Å². The average molecular weight is 273 g/mol. The normalized spacial score (nSPS) is 11.1. The van der Waals surface area contributed by atoms with Gasteiger partial charge < -0.3 is 5.32 Å². The topological polar surface area (TPSA) is 55.6 Å². The first-order valence-corrected chi connectivity index (χ1v) is 7.03. The fraction of sp³-hybridized carbons (Fsp3) is 0.308. The van der Waals surface area contributed by atoms with Crippen LogP contribution in [0.2, 0.25) is 0 Å². The van der Waals surface area contributed by atoms with E-state index in [-0.39, 0.29) is 0 Å². The van der Waals surface area contributed by atoms with Crippen molar-refractivity contribution in [3.05, 3.63) is 29.2 Å². The number of nitrogens with zero attached hydrogens (tertiary/aromatic N) is 4. The number of aromatic nitrogens is 4. The molecular weight excluding hydrogens is 258 g/mol. The molecule has 0 fully saturated rings. The van der Waals surface area contributed by atoms with E-state index >= 15 is 0 Å². The Morgan fingerprint density at radius 2 is 2.21 bits per heavy atom. The monoisotopic (exact) mass is 273 g/mol. The molecule has 0 saturated carbocycles. The van der Waals surface area contributed by atoms with E-state index in [2.05, 4.69) is 33.3 Å². The summed E-state index contributed by atoms with van der Waals surface area (Å²) in [6.07, 6.45) is 4.73. The van der Waals surface area contributed by atoms with Crippen LogP contribution >= 0.6 is 11.3 Å². The molecule has 6 heteroatoms. The highest BCUT2D eigenvalue weighted by Crippen LogP contribution is 2.29. The summed E-state index contributed by atoms with van der Waals surface area (Å²) in [6.45, 7) is 4.12. The zero-order valence-corrected chi connectivity index (χ0v) is 12.0. The summed E-state index contributed by atoms with van der Waals surface area (Å²) < 4.78 is 2.00. The molecule has 3 rings (SSSR count). The van der Waals surface area contributed by atoms with Crippen LogP contribution < -0.4 is 5.32 Å². The fourth-order valence-corrected chi connectivity index (χ4v) is 2.99. The maximum absolute atomic E-state index is 4.58. The summed E-state index contributed by atoms with van der Waals surface area (Å²) in [5.41, 5.74) is 0. The third-order valence-electron chi connectivity index (χ3n) is 3.05. The van der Waals surface area contributed by atoms with Gasteiger partial charge in [-0.2, -0.15) is 4.98 Å². The average Bonchev–Trinajstić information content (AvgIpc) is 3.02. The summed E-state index contributed by atoms with van der Waals surface area (Å²) in [6, 6.07) is 2.17. The molecule has 0 bridgehead atoms. The molecule has 0 aromatic carbocycles. The second kappa shape index (κ2) is 4.62. The van der Waals surface area contributed by atoms with Crippen molar-refractivity contribution < 1.29 is 0 Å². The van der Waals surface area contributed by atoms with Gasteiger partial charge in [-0.25, -0.2) is 9.97 Å². The van der Waals surface area contributed by atoms with E-state index in [9.17, 15) is 0 Å². The lowest BCUT2D eigenvalue weighted by molar-refractivity contribution is 0.937. The van der Waals surface area contributed by atoms with Gasteiger partial charge in [0.2, 0.25) is 5.95 Å². The molecule has 0 atom stereocenters. The molecule has 3 aromatic rings. The Hall–Kier alpha value is -1.95. The van der Waals surface area contributed by atoms with Crippen LogP contribution in [0.1, 0.15) is 17.6 Å². The van der Waals surface area contributed by atoms with Gasteiger partial charge in [-0.15, -0.1) is 11.3 Å². The van der Waals surface area contributed by atoms with Crippen LogP contribution in [0.25, 0.3) is 16.0 Å². The Balaban J connectivity index is 2.32. The highest BCUT2D eigenvalue weighted by atomic mass is 32.1. The van der Waals surface area contributed by atoms with Crippen molar-refractivity contribution >= 4 is 27.5 Å². The van der Waals surface area contributed by atoms with Crippen LogP contribution in [0, 0.1) is 6.92 Å². The number of aryl methyl sites for hydroxylation is 2. The molecule has 0 amide bonds. The highest BCUT2D eigenvalue weighted by molar-refractivity contribution is 7.18. The van der Waals surface area contributed by atoms with Crippen LogP contribution in [0.3, 0.4) is 0 Å². The quantitative estimate of drug-likeness (QED) is 0.797. The Bertz CT molecular complexity index is 728. The second-order valence-corrected chi connectivity index (χ2v) is 5.37. The molecule has 0 aliphatic rings. The van der Waals surface area contributed by atoms with Crippen LogP contribution in [0.15, 0.2) is 18.5 Å². The predicted octanol–water partition coefficient (Wildman–Crippen LogP) is 2.79. The Labute approximate surface area is 115 Å². The summed E-state index contributed by atoms with van der Waals surface area (Å²) in [5, 5.41) is 4.10. The zero-order valence-electron chi connectivity index (χ0n) is 11.1. The van der Waals surface area contributed by atoms with Crippen molar-refractivity contribution in [1.29, 1.82) is 0 Å². The first-order chi connectivity index (χ1) is 9.22. The third-order valence-corrected chi connectivity index (χ3v) is 4.22. The van der Waals surface area contributed by atoms with Gasteiger partial charge in [0.15, 0.2) is 5.82 Å². The third kappa shape index (κ3) is 1.98. The Kier molecular flexibility index (Phi) is 2.94. The Morgan fingerprint density at radius 3 is 2.84 bits per heavy atom. The second-order valence-electron chi connectivity index (χ2n) is 4.25. The molecule has 1 N–H and O–H groups in total. The molecule has 3 heterocycles. The summed E-state index contributed by atoms with van der Waals surface area (Å²) in [5.74, 6) is 2.45. The minimum absolute atomic E-state index is 0.639. The van der Waals surface area contributed by atoms with Crippen molar-refractivity contribution in [2.45, 2.75) is 20.3 Å². The molecule has 0 unspecified atom stereocenters. The maximum Gasteiger partial charge on any atom is 0.225 e. The SMILES string of the molecule is CCc1cc2c(-n3ccnc3C)nc(NC)nc2s1. The van der Waals surface area contributed by atoms with Crippen LogP contribution in [0.5, 0.6) is 0 Å². The summed E-state index contributed by atoms with van der Waals surface area (Å²) in [4.78, 5) is 15.7. The molecule has 3 aromatic heterocycles. The smallest absolute Gasteiger partial charge is 0.225 e. The molecule has 5 nitrogen and oxygen atoms in total. The van der Waals surface area contributed by atoms with Crippen molar-refractivity contribution in [1.82, 2.24) is 19.5 Å². The summed E-state index contributed by atoms with van der Waals surface area (Å²) >= 11 is 1.72. The largest absolute Gasteiger partial charge is 0.357 e. The molecular formula is C13H15N5S. The first-order valence-electron chi connectivity index (χ1n) is 6.21. The summed E-state index contributed by atoms with van der Waals surface area (Å²) in [7, 11) is 1.83. The van der Waals surface area contributed by atoms with E-state index in [0.29, 0.717) is 5.95 Å². The molecule has 19 heavy (non-hydrogen) atoms. The number of imidazole rings is 1. The minimum atomic E-state index is 0.639. The van der Waals surface area contributed by atoms with Gasteiger partial charge in [-0.05, 0) is 19.4 Å². The predicted molar refractivity (Wildman–Crippen MR) is 78.2 cm³/mol. The van der Waals surface area contributed by atoms with E-state index in [4.69, 9.17) is 0 Å². The van der Waals surface area contributed by atoms with Gasteiger partial charge in [0.05, 0.1) is 5.39 Å². The number of hydrogen-bond donors (Lipinski definition) is 1. The number of rotatable bonds is 3. The van der Waals surface area contributed by atoms with Gasteiger partial charge in [0.25, 0.3) is 0 Å². The lowest BCUT2D eigenvalue weighted by Gasteiger charge is -2.07. The van der Waals surface area contributed by atoms with Crippen molar-refractivity contribution in [2.24, 2.45) is 0 Å². The number of nitrogens with one attached hydrogen (secondary N) is 1. The molecule has 0 radical (unpaired) electrons. The van der Waals surface area contributed by atoms with Gasteiger partial charge in [0.1, 0.15) is 10.7 Å². The van der Waals surface area contributed by atoms with Gasteiger partial charge in [-0.3, -0.25) is 4.57 Å². The van der Waals surface area contributed by atoms with E-state index in [0.717, 1.165) is 28.3 Å². The number of fused-ring (bicyclic) bond motifs is 1. The number of hydrogen-bond acceptors (Lipinski definition) is 5. The molecule has 0 aliphatic carbocycles. The number of thiophene rings is 1. The van der Waals surface area contributed by atoms with Crippen LogP contribution in [-0.2, 0) is 6.42 Å². The van der Waals surface area contributed by atoms with Gasteiger partial charge in [0, 0.05) is 24.3 Å². The van der Waals surface area contributed by atoms with E-state index < -0.39 is 0 Å². The molecule has 0 aliphatic heterocycles. The van der Waals surface area contributed by atoms with Crippen LogP contribution in [0.4, 0.5) is 5.95 Å². The number of anilines is 1. The van der Waals surface area contributed by atoms with Crippen molar-refractivity contribution in [2.75, 3.05) is 12.4 Å². The molecule has 98 valence electrons. The van der Waals surface area contributed by atoms with E-state index in [1.807, 2.05) is 24.7 Å². The molecule has 0 saturated heterocycles. The van der Waals surface area contributed by atoms with E-state index in [1.165, 1.54) is 4.88 Å². The first kappa shape index (κ1) is 12.1. The Morgan fingerprint density at radius 1 is 1.37 bits per heavy atom. The van der Waals surface area contributed by atoms with Gasteiger partial charge in [-0.1, -0.05) is 6.92 Å². The van der Waals surface area contributed by atoms with E-state index in [1.54, 1.807) is 17.5 Å². The molecule has 0 spiro atoms. The maximum atomic E-state index is 4.58.